The van der Waals surface area contributed by atoms with Crippen LogP contribution in [0.15, 0.2) is 6.07 Å². The largest absolute Gasteiger partial charge is 0.495 e. The molecule has 13 heteroatoms. The number of hydrogen-bond acceptors (Lipinski definition) is 6. The predicted molar refractivity (Wildman–Crippen MR) is 102 cm³/mol. The Morgan fingerprint density at radius 1 is 1.39 bits per heavy atom. The Morgan fingerprint density at radius 2 is 1.97 bits per heavy atom. The normalized spacial score (nSPS) is 15.4. The van der Waals surface area contributed by atoms with Crippen molar-refractivity contribution in [2.75, 3.05) is 26.6 Å². The second-order valence-corrected chi connectivity index (χ2v) is 6.80. The highest BCUT2D eigenvalue weighted by Crippen LogP contribution is 2.43. The van der Waals surface area contributed by atoms with Crippen LogP contribution in [-0.4, -0.2) is 53.9 Å². The molecule has 3 rings (SSSR count). The fourth-order valence-electron chi connectivity index (χ4n) is 3.16. The molecule has 0 unspecified atom stereocenters. The Balaban J connectivity index is 0.000000423. The van der Waals surface area contributed by atoms with Crippen LogP contribution < -0.4 is 10.5 Å². The lowest BCUT2D eigenvalue weighted by molar-refractivity contribution is -0.192. The lowest BCUT2D eigenvalue weighted by atomic mass is 10.00. The number of hydrogen-bond donors (Lipinski definition) is 2. The minimum atomic E-state index is -5.08. The lowest BCUT2D eigenvalue weighted by Crippen LogP contribution is -2.31. The molecule has 3 N–H and O–H groups in total. The lowest BCUT2D eigenvalue weighted by Gasteiger charge is -2.22. The van der Waals surface area contributed by atoms with Crippen molar-refractivity contribution in [1.82, 2.24) is 9.88 Å². The minimum Gasteiger partial charge on any atom is -0.495 e. The van der Waals surface area contributed by atoms with Gasteiger partial charge in [-0.3, -0.25) is 4.79 Å². The number of aliphatic carboxylic acids is 1. The first-order valence-electron chi connectivity index (χ1n) is 8.57. The van der Waals surface area contributed by atoms with Gasteiger partial charge in [0.05, 0.1) is 19.7 Å². The van der Waals surface area contributed by atoms with Crippen LogP contribution in [0.1, 0.15) is 24.1 Å². The third kappa shape index (κ3) is 4.74. The summed E-state index contributed by atoms with van der Waals surface area (Å²) in [4.78, 5) is 26.9. The Morgan fingerprint density at radius 3 is 2.45 bits per heavy atom. The van der Waals surface area contributed by atoms with Gasteiger partial charge in [0.25, 0.3) is 0 Å². The van der Waals surface area contributed by atoms with E-state index in [0.29, 0.717) is 17.5 Å². The van der Waals surface area contributed by atoms with Gasteiger partial charge in [-0.1, -0.05) is 11.6 Å². The molecule has 2 aromatic rings. The number of amides is 1. The number of alkyl halides is 3. The summed E-state index contributed by atoms with van der Waals surface area (Å²) in [5.41, 5.74) is 7.55. The second-order valence-electron chi connectivity index (χ2n) is 6.43. The maximum absolute atomic E-state index is 14.6. The first-order valence-corrected chi connectivity index (χ1v) is 8.95. The van der Waals surface area contributed by atoms with Crippen molar-refractivity contribution in [1.29, 1.82) is 0 Å². The molecule has 0 saturated carbocycles. The number of pyridine rings is 1. The Hall–Kier alpha value is -2.86. The number of halogens is 5. The van der Waals surface area contributed by atoms with Gasteiger partial charge in [-0.2, -0.15) is 13.2 Å². The van der Waals surface area contributed by atoms with Gasteiger partial charge in [0.15, 0.2) is 5.82 Å². The van der Waals surface area contributed by atoms with E-state index in [0.717, 1.165) is 5.56 Å². The van der Waals surface area contributed by atoms with Crippen LogP contribution in [0.4, 0.5) is 23.4 Å². The van der Waals surface area contributed by atoms with Crippen LogP contribution in [0.25, 0.3) is 10.9 Å². The summed E-state index contributed by atoms with van der Waals surface area (Å²) in [5.74, 6) is -3.21. The molecule has 1 aliphatic heterocycles. The van der Waals surface area contributed by atoms with Gasteiger partial charge in [0.2, 0.25) is 5.91 Å². The van der Waals surface area contributed by atoms with E-state index in [2.05, 4.69) is 4.98 Å². The third-order valence-electron chi connectivity index (χ3n) is 4.57. The van der Waals surface area contributed by atoms with Crippen LogP contribution in [0.5, 0.6) is 5.75 Å². The van der Waals surface area contributed by atoms with Crippen molar-refractivity contribution >= 4 is 40.2 Å². The number of anilines is 1. The fraction of sp³-hybridized carbons (Fsp3) is 0.389. The Kier molecular flexibility index (Phi) is 7.17. The SMILES string of the molecule is COCC(=O)N1Cc2c(N)nc3c(F)c(Cl)c(OC)cc3c2[C@@H]1C.O=C(O)C(F)(F)F. The molecule has 2 heterocycles. The zero-order valence-corrected chi connectivity index (χ0v) is 17.3. The zero-order chi connectivity index (χ0) is 23.7. The number of carboxylic acid groups (broad SMARTS) is 1. The van der Waals surface area contributed by atoms with E-state index in [4.69, 9.17) is 36.7 Å². The van der Waals surface area contributed by atoms with Gasteiger partial charge in [0.1, 0.15) is 28.7 Å². The Bertz CT molecular complexity index is 1030. The van der Waals surface area contributed by atoms with Crippen LogP contribution >= 0.6 is 11.6 Å². The fourth-order valence-corrected chi connectivity index (χ4v) is 3.38. The number of rotatable bonds is 3. The number of carbonyl (C=O) groups excluding carboxylic acids is 1. The number of carboxylic acids is 1. The smallest absolute Gasteiger partial charge is 0.490 e. The van der Waals surface area contributed by atoms with E-state index >= 15 is 0 Å². The number of benzene rings is 1. The first-order chi connectivity index (χ1) is 14.3. The van der Waals surface area contributed by atoms with E-state index < -0.39 is 18.0 Å². The number of methoxy groups -OCH3 is 2. The molecule has 0 radical (unpaired) electrons. The van der Waals surface area contributed by atoms with Crippen molar-refractivity contribution in [2.24, 2.45) is 0 Å². The number of nitrogens with zero attached hydrogens (tertiary/aromatic N) is 2. The van der Waals surface area contributed by atoms with Crippen LogP contribution in [0.3, 0.4) is 0 Å². The van der Waals surface area contributed by atoms with Crippen molar-refractivity contribution in [3.05, 3.63) is 28.0 Å². The summed E-state index contributed by atoms with van der Waals surface area (Å²) < 4.78 is 56.4. The molecular weight excluding hydrogens is 450 g/mol. The van der Waals surface area contributed by atoms with Crippen molar-refractivity contribution in [2.45, 2.75) is 25.7 Å². The maximum Gasteiger partial charge on any atom is 0.490 e. The number of carbonyl (C=O) groups is 2. The van der Waals surface area contributed by atoms with E-state index in [1.165, 1.54) is 14.2 Å². The molecule has 0 fully saturated rings. The van der Waals surface area contributed by atoms with Crippen LogP contribution in [-0.2, 0) is 20.9 Å². The monoisotopic (exact) mass is 467 g/mol. The van der Waals surface area contributed by atoms with E-state index in [-0.39, 0.29) is 40.7 Å². The third-order valence-corrected chi connectivity index (χ3v) is 4.92. The summed E-state index contributed by atoms with van der Waals surface area (Å²) in [6.45, 7) is 2.13. The molecule has 1 aromatic carbocycles. The van der Waals surface area contributed by atoms with Gasteiger partial charge in [-0.05, 0) is 18.6 Å². The summed E-state index contributed by atoms with van der Waals surface area (Å²) in [7, 11) is 2.87. The summed E-state index contributed by atoms with van der Waals surface area (Å²) in [5, 5.41) is 7.52. The van der Waals surface area contributed by atoms with Crippen molar-refractivity contribution < 1.29 is 41.7 Å². The molecular formula is C18H18ClF4N3O5. The molecule has 1 aliphatic rings. The molecule has 31 heavy (non-hydrogen) atoms. The van der Waals surface area contributed by atoms with Gasteiger partial charge >= 0.3 is 12.1 Å². The molecule has 1 amide bonds. The summed E-state index contributed by atoms with van der Waals surface area (Å²) >= 11 is 5.97. The quantitative estimate of drug-likeness (QED) is 0.665. The molecule has 0 aliphatic carbocycles. The summed E-state index contributed by atoms with van der Waals surface area (Å²) in [6.07, 6.45) is -5.08. The molecule has 8 nitrogen and oxygen atoms in total. The minimum absolute atomic E-state index is 0.0346. The van der Waals surface area contributed by atoms with E-state index in [1.807, 2.05) is 6.92 Å². The number of aromatic nitrogens is 1. The first kappa shape index (κ1) is 24.4. The highest BCUT2D eigenvalue weighted by atomic mass is 35.5. The van der Waals surface area contributed by atoms with E-state index in [9.17, 15) is 22.4 Å². The average molecular weight is 468 g/mol. The van der Waals surface area contributed by atoms with Crippen LogP contribution in [0.2, 0.25) is 5.02 Å². The van der Waals surface area contributed by atoms with Crippen LogP contribution in [0, 0.1) is 5.82 Å². The number of ether oxygens (including phenoxy) is 2. The predicted octanol–water partition coefficient (Wildman–Crippen LogP) is 3.30. The molecule has 0 saturated heterocycles. The van der Waals surface area contributed by atoms with E-state index in [1.54, 1.807) is 11.0 Å². The van der Waals surface area contributed by atoms with Crippen molar-refractivity contribution in [3.63, 3.8) is 0 Å². The molecule has 170 valence electrons. The number of nitrogen functional groups attached to an aromatic ring is 1. The van der Waals surface area contributed by atoms with Gasteiger partial charge in [-0.15, -0.1) is 0 Å². The van der Waals surface area contributed by atoms with Gasteiger partial charge in [0, 0.05) is 18.1 Å². The maximum atomic E-state index is 14.6. The highest BCUT2D eigenvalue weighted by Gasteiger charge is 2.38. The standard InChI is InChI=1S/C16H17ClFN3O3.C2HF3O2/c1-7-12-8-4-10(24-3)13(17)14(18)15(8)20-16(19)9(12)5-21(7)11(22)6-23-2;3-2(4,5)1(6)7/h4,7H,5-6H2,1-3H3,(H2,19,20);(H,6,7)/t7-;/m0./s1. The molecule has 0 spiro atoms. The average Bonchev–Trinajstić information content (AvgIpc) is 3.04. The molecule has 0 bridgehead atoms. The second kappa shape index (κ2) is 9.10. The topological polar surface area (TPSA) is 115 Å². The number of fused-ring (bicyclic) bond motifs is 3. The van der Waals surface area contributed by atoms with Gasteiger partial charge < -0.3 is 25.2 Å². The van der Waals surface area contributed by atoms with Crippen molar-refractivity contribution in [3.8, 4) is 5.75 Å². The van der Waals surface area contributed by atoms with Gasteiger partial charge in [-0.25, -0.2) is 14.2 Å². The number of nitrogens with two attached hydrogens (primary N) is 1. The summed E-state index contributed by atoms with van der Waals surface area (Å²) in [6, 6.07) is 1.34. The highest BCUT2D eigenvalue weighted by molar-refractivity contribution is 6.33. The molecule has 1 atom stereocenters. The molecule has 1 aromatic heterocycles. The zero-order valence-electron chi connectivity index (χ0n) is 16.5. The Labute approximate surface area is 178 Å².